The molecule has 1 aliphatic rings. The average Bonchev–Trinajstić information content (AvgIpc) is 3.05. The number of imidazole rings is 1. The Bertz CT molecular complexity index is 552. The van der Waals surface area contributed by atoms with E-state index in [9.17, 15) is 5.11 Å². The second-order valence-electron chi connectivity index (χ2n) is 4.64. The van der Waals surface area contributed by atoms with Crippen molar-refractivity contribution in [2.45, 2.75) is 6.42 Å². The van der Waals surface area contributed by atoms with Crippen LogP contribution < -0.4 is 10.2 Å². The van der Waals surface area contributed by atoms with E-state index in [0.29, 0.717) is 5.92 Å². The minimum Gasteiger partial charge on any atom is -0.396 e. The zero-order valence-electron chi connectivity index (χ0n) is 10.4. The van der Waals surface area contributed by atoms with Gasteiger partial charge in [-0.15, -0.1) is 0 Å². The third-order valence-corrected chi connectivity index (χ3v) is 3.46. The predicted molar refractivity (Wildman–Crippen MR) is 69.9 cm³/mol. The molecule has 1 atom stereocenters. The topological polar surface area (TPSA) is 65.7 Å². The minimum absolute atomic E-state index is 0.243. The van der Waals surface area contributed by atoms with E-state index in [-0.39, 0.29) is 6.61 Å². The van der Waals surface area contributed by atoms with Gasteiger partial charge in [-0.2, -0.15) is 0 Å². The lowest BCUT2D eigenvalue weighted by molar-refractivity contribution is 0.238. The summed E-state index contributed by atoms with van der Waals surface area (Å²) in [7, 11) is 1.86. The molecule has 3 heterocycles. The Kier molecular flexibility index (Phi) is 2.79. The molecule has 3 rings (SSSR count). The molecule has 1 aliphatic heterocycles. The number of nitrogens with zero attached hydrogens (tertiary/aromatic N) is 4. The van der Waals surface area contributed by atoms with Gasteiger partial charge in [0.05, 0.1) is 6.20 Å². The van der Waals surface area contributed by atoms with E-state index in [4.69, 9.17) is 0 Å². The fourth-order valence-corrected chi connectivity index (χ4v) is 2.42. The summed E-state index contributed by atoms with van der Waals surface area (Å²) in [6.07, 6.45) is 6.63. The third-order valence-electron chi connectivity index (χ3n) is 3.46. The lowest BCUT2D eigenvalue weighted by Crippen LogP contribution is -2.23. The molecule has 1 saturated heterocycles. The first-order valence-electron chi connectivity index (χ1n) is 6.19. The van der Waals surface area contributed by atoms with Gasteiger partial charge in [-0.3, -0.25) is 0 Å². The summed E-state index contributed by atoms with van der Waals surface area (Å²) in [5.74, 6) is 2.06. The molecule has 6 nitrogen and oxygen atoms in total. The summed E-state index contributed by atoms with van der Waals surface area (Å²) in [6, 6.07) is 0. The van der Waals surface area contributed by atoms with Crippen molar-refractivity contribution < 1.29 is 5.11 Å². The summed E-state index contributed by atoms with van der Waals surface area (Å²) in [5, 5.41) is 12.3. The van der Waals surface area contributed by atoms with Crippen LogP contribution in [0.4, 0.5) is 11.6 Å². The summed E-state index contributed by atoms with van der Waals surface area (Å²) in [5.41, 5.74) is 0.868. The molecule has 1 unspecified atom stereocenters. The molecule has 0 spiro atoms. The molecule has 0 radical (unpaired) electrons. The molecule has 1 fully saturated rings. The number of anilines is 2. The van der Waals surface area contributed by atoms with Crippen molar-refractivity contribution in [1.82, 2.24) is 14.4 Å². The number of rotatable bonds is 3. The smallest absolute Gasteiger partial charge is 0.180 e. The van der Waals surface area contributed by atoms with Gasteiger partial charge in [0.1, 0.15) is 5.82 Å². The molecule has 0 aromatic carbocycles. The Balaban J connectivity index is 2.02. The predicted octanol–water partition coefficient (Wildman–Crippen LogP) is 0.590. The maximum atomic E-state index is 9.22. The van der Waals surface area contributed by atoms with Crippen molar-refractivity contribution in [3.63, 3.8) is 0 Å². The first kappa shape index (κ1) is 11.3. The van der Waals surface area contributed by atoms with Crippen LogP contribution in [0.2, 0.25) is 0 Å². The van der Waals surface area contributed by atoms with Crippen molar-refractivity contribution >= 4 is 17.3 Å². The van der Waals surface area contributed by atoms with Crippen molar-refractivity contribution in [2.24, 2.45) is 5.92 Å². The zero-order chi connectivity index (χ0) is 12.5. The Hall–Kier alpha value is -1.82. The van der Waals surface area contributed by atoms with Gasteiger partial charge in [0.25, 0.3) is 0 Å². The van der Waals surface area contributed by atoms with Crippen LogP contribution in [0.1, 0.15) is 6.42 Å². The number of hydrogen-bond donors (Lipinski definition) is 2. The maximum absolute atomic E-state index is 9.22. The van der Waals surface area contributed by atoms with Gasteiger partial charge in [0, 0.05) is 45.1 Å². The van der Waals surface area contributed by atoms with E-state index < -0.39 is 0 Å². The number of fused-ring (bicyclic) bond motifs is 1. The number of nitrogens with one attached hydrogen (secondary N) is 1. The van der Waals surface area contributed by atoms with Crippen molar-refractivity contribution in [1.29, 1.82) is 0 Å². The van der Waals surface area contributed by atoms with Crippen LogP contribution in [0.25, 0.3) is 5.65 Å². The second kappa shape index (κ2) is 4.45. The Morgan fingerprint density at radius 3 is 3.17 bits per heavy atom. The van der Waals surface area contributed by atoms with Gasteiger partial charge in [0.2, 0.25) is 0 Å². The first-order chi connectivity index (χ1) is 8.81. The van der Waals surface area contributed by atoms with E-state index in [1.807, 2.05) is 23.8 Å². The molecule has 2 aromatic heterocycles. The van der Waals surface area contributed by atoms with Gasteiger partial charge in [-0.1, -0.05) is 0 Å². The van der Waals surface area contributed by atoms with Crippen LogP contribution in [0.15, 0.2) is 18.6 Å². The highest BCUT2D eigenvalue weighted by atomic mass is 16.3. The molecule has 96 valence electrons. The molecular weight excluding hydrogens is 230 g/mol. The normalized spacial score (nSPS) is 19.7. The fraction of sp³-hybridized carbons (Fsp3) is 0.500. The third kappa shape index (κ3) is 1.78. The van der Waals surface area contributed by atoms with Crippen LogP contribution in [-0.2, 0) is 0 Å². The monoisotopic (exact) mass is 247 g/mol. The van der Waals surface area contributed by atoms with Gasteiger partial charge < -0.3 is 19.7 Å². The quantitative estimate of drug-likeness (QED) is 0.831. The average molecular weight is 247 g/mol. The molecule has 0 amide bonds. The number of aromatic nitrogens is 3. The van der Waals surface area contributed by atoms with E-state index in [0.717, 1.165) is 36.8 Å². The number of aliphatic hydroxyl groups is 1. The van der Waals surface area contributed by atoms with E-state index in [1.54, 1.807) is 6.20 Å². The Labute approximate surface area is 105 Å². The Morgan fingerprint density at radius 2 is 2.44 bits per heavy atom. The standard InChI is InChI=1S/C12H17N5O/c1-13-10-7-17-5-3-14-11(17)12(15-10)16-4-2-9(6-16)8-18/h3,5,7,9,13,18H,2,4,6,8H2,1H3. The van der Waals surface area contributed by atoms with Gasteiger partial charge in [-0.05, 0) is 6.42 Å². The number of aliphatic hydroxyl groups excluding tert-OH is 1. The molecule has 2 N–H and O–H groups in total. The van der Waals surface area contributed by atoms with E-state index >= 15 is 0 Å². The van der Waals surface area contributed by atoms with Gasteiger partial charge >= 0.3 is 0 Å². The first-order valence-corrected chi connectivity index (χ1v) is 6.19. The van der Waals surface area contributed by atoms with E-state index in [1.165, 1.54) is 0 Å². The van der Waals surface area contributed by atoms with Crippen LogP contribution in [-0.4, -0.2) is 46.2 Å². The lowest BCUT2D eigenvalue weighted by Gasteiger charge is -2.18. The largest absolute Gasteiger partial charge is 0.396 e. The van der Waals surface area contributed by atoms with Crippen molar-refractivity contribution in [3.05, 3.63) is 18.6 Å². The Morgan fingerprint density at radius 1 is 1.56 bits per heavy atom. The summed E-state index contributed by atoms with van der Waals surface area (Å²) < 4.78 is 1.97. The SMILES string of the molecule is CNc1cn2ccnc2c(N2CCC(CO)C2)n1. The van der Waals surface area contributed by atoms with Gasteiger partial charge in [0.15, 0.2) is 11.5 Å². The van der Waals surface area contributed by atoms with Crippen LogP contribution >= 0.6 is 0 Å². The van der Waals surface area contributed by atoms with Crippen LogP contribution in [0.5, 0.6) is 0 Å². The zero-order valence-corrected chi connectivity index (χ0v) is 10.4. The van der Waals surface area contributed by atoms with Crippen molar-refractivity contribution in [3.8, 4) is 0 Å². The molecule has 0 bridgehead atoms. The molecular formula is C12H17N5O. The number of hydrogen-bond acceptors (Lipinski definition) is 5. The maximum Gasteiger partial charge on any atom is 0.180 e. The molecule has 2 aromatic rings. The molecule has 18 heavy (non-hydrogen) atoms. The highest BCUT2D eigenvalue weighted by Gasteiger charge is 2.25. The summed E-state index contributed by atoms with van der Waals surface area (Å²) in [6.45, 7) is 2.01. The van der Waals surface area contributed by atoms with Gasteiger partial charge in [-0.25, -0.2) is 9.97 Å². The lowest BCUT2D eigenvalue weighted by atomic mass is 10.1. The molecule has 0 saturated carbocycles. The summed E-state index contributed by atoms with van der Waals surface area (Å²) >= 11 is 0. The highest BCUT2D eigenvalue weighted by Crippen LogP contribution is 2.26. The van der Waals surface area contributed by atoms with Crippen molar-refractivity contribution in [2.75, 3.05) is 37.0 Å². The highest BCUT2D eigenvalue weighted by molar-refractivity contribution is 5.67. The molecule has 6 heteroatoms. The van der Waals surface area contributed by atoms with Crippen LogP contribution in [0, 0.1) is 5.92 Å². The second-order valence-corrected chi connectivity index (χ2v) is 4.64. The van der Waals surface area contributed by atoms with E-state index in [2.05, 4.69) is 20.2 Å². The molecule has 0 aliphatic carbocycles. The minimum atomic E-state index is 0.243. The fourth-order valence-electron chi connectivity index (χ4n) is 2.42. The van der Waals surface area contributed by atoms with Crippen LogP contribution in [0.3, 0.4) is 0 Å². The summed E-state index contributed by atoms with van der Waals surface area (Å²) in [4.78, 5) is 11.1.